The van der Waals surface area contributed by atoms with Gasteiger partial charge < -0.3 is 15.3 Å². The van der Waals surface area contributed by atoms with Crippen molar-refractivity contribution in [2.45, 2.75) is 31.2 Å². The maximum atomic E-state index is 13.7. The molecule has 4 N–H and O–H groups in total. The number of anilines is 2. The lowest BCUT2D eigenvalue weighted by atomic mass is 9.79. The smallest absolute Gasteiger partial charge is 0.334 e. The molecule has 12 heteroatoms. The summed E-state index contributed by atoms with van der Waals surface area (Å²) in [6.07, 6.45) is 2.13. The van der Waals surface area contributed by atoms with Gasteiger partial charge in [-0.05, 0) is 25.0 Å². The number of aryl methyl sites for hydroxylation is 1. The molecule has 4 heterocycles. The minimum atomic E-state index is -1.87. The van der Waals surface area contributed by atoms with Gasteiger partial charge in [-0.25, -0.2) is 14.8 Å². The summed E-state index contributed by atoms with van der Waals surface area (Å²) in [4.78, 5) is 43.5. The van der Waals surface area contributed by atoms with Gasteiger partial charge in [0, 0.05) is 24.3 Å². The van der Waals surface area contributed by atoms with Crippen LogP contribution in [0.4, 0.5) is 10.9 Å². The minimum Gasteiger partial charge on any atom is -0.479 e. The molecule has 2 aliphatic heterocycles. The molecule has 0 radical (unpaired) electrons. The van der Waals surface area contributed by atoms with E-state index in [-0.39, 0.29) is 18.7 Å². The Kier molecular flexibility index (Phi) is 6.01. The highest BCUT2D eigenvalue weighted by Gasteiger charge is 2.61. The van der Waals surface area contributed by atoms with Gasteiger partial charge in [-0.3, -0.25) is 19.4 Å². The number of thiazole rings is 1. The van der Waals surface area contributed by atoms with Crippen molar-refractivity contribution in [2.24, 2.45) is 0 Å². The Morgan fingerprint density at radius 3 is 2.87 bits per heavy atom. The molecule has 2 aromatic rings. The van der Waals surface area contributed by atoms with Gasteiger partial charge in [-0.2, -0.15) is 5.48 Å². The molecular weight excluding hydrogens is 426 g/mol. The highest BCUT2D eigenvalue weighted by molar-refractivity contribution is 7.13. The van der Waals surface area contributed by atoms with Crippen LogP contribution in [-0.4, -0.2) is 86.1 Å². The van der Waals surface area contributed by atoms with Crippen LogP contribution in [0.25, 0.3) is 0 Å². The van der Waals surface area contributed by atoms with Crippen molar-refractivity contribution in [3.8, 4) is 0 Å². The average Bonchev–Trinajstić information content (AvgIpc) is 3.26. The molecule has 0 saturated carbocycles. The van der Waals surface area contributed by atoms with Crippen LogP contribution in [0.2, 0.25) is 0 Å². The van der Waals surface area contributed by atoms with E-state index in [1.807, 2.05) is 0 Å². The van der Waals surface area contributed by atoms with Gasteiger partial charge in [0.05, 0.1) is 31.5 Å². The van der Waals surface area contributed by atoms with Crippen molar-refractivity contribution in [3.05, 3.63) is 35.0 Å². The van der Waals surface area contributed by atoms with E-state index < -0.39 is 36.2 Å². The van der Waals surface area contributed by atoms with Gasteiger partial charge in [0.25, 0.3) is 0 Å². The number of hydrogen-bond donors (Lipinski definition) is 4. The number of hydroxylamine groups is 1. The van der Waals surface area contributed by atoms with Gasteiger partial charge in [0.1, 0.15) is 11.9 Å². The normalized spacial score (nSPS) is 24.5. The summed E-state index contributed by atoms with van der Waals surface area (Å²) in [6.45, 7) is 1.32. The molecule has 2 aromatic heterocycles. The van der Waals surface area contributed by atoms with E-state index in [1.54, 1.807) is 40.6 Å². The quantitative estimate of drug-likeness (QED) is 0.316. The van der Waals surface area contributed by atoms with Crippen molar-refractivity contribution in [1.29, 1.82) is 0 Å². The number of likely N-dealkylation sites (tertiary alicyclic amines) is 1. The average molecular weight is 449 g/mol. The first kappa shape index (κ1) is 21.7. The first-order chi connectivity index (χ1) is 14.9. The topological polar surface area (TPSA) is 148 Å². The van der Waals surface area contributed by atoms with Crippen LogP contribution < -0.4 is 10.4 Å². The molecule has 1 saturated heterocycles. The molecule has 0 amide bonds. The van der Waals surface area contributed by atoms with Crippen molar-refractivity contribution >= 4 is 34.0 Å². The summed E-state index contributed by atoms with van der Waals surface area (Å²) in [5.41, 5.74) is 1.73. The maximum Gasteiger partial charge on any atom is 0.334 e. The predicted octanol–water partition coefficient (Wildman–Crippen LogP) is -0.0895. The van der Waals surface area contributed by atoms with E-state index in [9.17, 15) is 19.8 Å². The predicted molar refractivity (Wildman–Crippen MR) is 110 cm³/mol. The Bertz CT molecular complexity index is 973. The monoisotopic (exact) mass is 449 g/mol. The molecule has 0 spiro atoms. The summed E-state index contributed by atoms with van der Waals surface area (Å²) in [6, 6.07) is 1.68. The molecule has 0 aliphatic carbocycles. The van der Waals surface area contributed by atoms with E-state index in [0.717, 1.165) is 0 Å². The second-order valence-corrected chi connectivity index (χ2v) is 8.36. The zero-order chi connectivity index (χ0) is 22.2. The van der Waals surface area contributed by atoms with Crippen molar-refractivity contribution in [3.63, 3.8) is 0 Å². The number of carboxylic acids is 1. The lowest BCUT2D eigenvalue weighted by Crippen LogP contribution is -2.75. The molecule has 4 rings (SSSR count). The number of aliphatic hydroxyl groups excluding tert-OH is 2. The number of rotatable bonds is 8. The molecule has 11 nitrogen and oxygen atoms in total. The van der Waals surface area contributed by atoms with Crippen LogP contribution in [0.5, 0.6) is 0 Å². The number of aliphatic hydroxyl groups is 2. The first-order valence-electron chi connectivity index (χ1n) is 9.74. The fourth-order valence-electron chi connectivity index (χ4n) is 3.89. The number of ketones is 1. The highest BCUT2D eigenvalue weighted by Crippen LogP contribution is 2.42. The Labute approximate surface area is 181 Å². The Balaban J connectivity index is 1.71. The summed E-state index contributed by atoms with van der Waals surface area (Å²) < 4.78 is 0. The van der Waals surface area contributed by atoms with E-state index in [4.69, 9.17) is 9.94 Å². The maximum absolute atomic E-state index is 13.7. The van der Waals surface area contributed by atoms with Crippen LogP contribution in [0.1, 0.15) is 22.3 Å². The van der Waals surface area contributed by atoms with Gasteiger partial charge in [-0.15, -0.1) is 11.3 Å². The Morgan fingerprint density at radius 2 is 2.26 bits per heavy atom. The van der Waals surface area contributed by atoms with Gasteiger partial charge in [0.2, 0.25) is 5.54 Å². The SMILES string of the molecule is Cc1ccnc2c1C(=O)C(C(=O)O)(N1CCC1NOC[C@H](O)CO)CN2c1nccs1. The number of aliphatic carboxylic acids is 1. The number of aromatic nitrogens is 2. The number of carboxylic acid groups (broad SMARTS) is 1. The minimum absolute atomic E-state index is 0.157. The number of pyridine rings is 1. The number of Topliss-reactive ketones (excluding diaryl/α,β-unsaturated/α-hetero) is 1. The highest BCUT2D eigenvalue weighted by atomic mass is 32.1. The molecule has 0 aromatic carbocycles. The Morgan fingerprint density at radius 1 is 1.45 bits per heavy atom. The molecule has 2 aliphatic rings. The van der Waals surface area contributed by atoms with Crippen LogP contribution in [0.15, 0.2) is 23.8 Å². The summed E-state index contributed by atoms with van der Waals surface area (Å²) in [5, 5.41) is 31.0. The van der Waals surface area contributed by atoms with Gasteiger partial charge in [0.15, 0.2) is 10.9 Å². The van der Waals surface area contributed by atoms with Crippen LogP contribution in [-0.2, 0) is 9.63 Å². The van der Waals surface area contributed by atoms with E-state index in [2.05, 4.69) is 15.4 Å². The molecule has 2 unspecified atom stereocenters. The van der Waals surface area contributed by atoms with Crippen LogP contribution >= 0.6 is 11.3 Å². The zero-order valence-corrected chi connectivity index (χ0v) is 17.6. The standard InChI is InChI=1S/C19H23N5O6S/c1-11-2-4-20-16-14(11)15(27)19(17(28)29,10-23(16)18-21-5-7-31-18)24-6-3-13(24)22-30-9-12(26)8-25/h2,4-5,7,12-13,22,25-26H,3,6,8-10H2,1H3,(H,28,29)/t12-,13?,19?/m1/s1. The van der Waals surface area contributed by atoms with Crippen molar-refractivity contribution in [1.82, 2.24) is 20.3 Å². The fraction of sp³-hybridized carbons (Fsp3) is 0.474. The summed E-state index contributed by atoms with van der Waals surface area (Å²) in [5.74, 6) is -1.41. The van der Waals surface area contributed by atoms with E-state index >= 15 is 0 Å². The first-order valence-corrected chi connectivity index (χ1v) is 10.6. The molecule has 1 fully saturated rings. The fourth-order valence-corrected chi connectivity index (χ4v) is 4.53. The number of hydrogen-bond acceptors (Lipinski definition) is 11. The molecule has 0 bridgehead atoms. The third-order valence-corrected chi connectivity index (χ3v) is 6.40. The third kappa shape index (κ3) is 3.60. The summed E-state index contributed by atoms with van der Waals surface area (Å²) >= 11 is 1.33. The van der Waals surface area contributed by atoms with E-state index in [0.29, 0.717) is 29.5 Å². The number of nitrogens with one attached hydrogen (secondary N) is 1. The number of nitrogens with zero attached hydrogens (tertiary/aromatic N) is 4. The van der Waals surface area contributed by atoms with Crippen molar-refractivity contribution in [2.75, 3.05) is 31.2 Å². The van der Waals surface area contributed by atoms with Crippen LogP contribution in [0.3, 0.4) is 0 Å². The molecule has 31 heavy (non-hydrogen) atoms. The number of carbonyl (C=O) groups excluding carboxylic acids is 1. The number of fused-ring (bicyclic) bond motifs is 1. The lowest BCUT2D eigenvalue weighted by Gasteiger charge is -2.53. The molecule has 166 valence electrons. The van der Waals surface area contributed by atoms with Crippen molar-refractivity contribution < 1.29 is 29.7 Å². The van der Waals surface area contributed by atoms with E-state index in [1.165, 1.54) is 11.3 Å². The van der Waals surface area contributed by atoms with Crippen LogP contribution in [0, 0.1) is 6.92 Å². The summed E-state index contributed by atoms with van der Waals surface area (Å²) in [7, 11) is 0. The number of carbonyl (C=O) groups is 2. The van der Waals surface area contributed by atoms with Gasteiger partial charge in [-0.1, -0.05) is 0 Å². The second-order valence-electron chi connectivity index (χ2n) is 7.48. The Hall–Kier alpha value is -2.48. The molecule has 3 atom stereocenters. The second kappa shape index (κ2) is 8.57. The molecular formula is C19H23N5O6S. The largest absolute Gasteiger partial charge is 0.479 e. The third-order valence-electron chi connectivity index (χ3n) is 5.60. The van der Waals surface area contributed by atoms with Gasteiger partial charge >= 0.3 is 5.97 Å². The zero-order valence-electron chi connectivity index (χ0n) is 16.8. The lowest BCUT2D eigenvalue weighted by molar-refractivity contribution is -0.164.